The molecule has 0 aliphatic heterocycles. The van der Waals surface area contributed by atoms with Crippen molar-refractivity contribution in [3.63, 3.8) is 0 Å². The third-order valence-electron chi connectivity index (χ3n) is 4.87. The van der Waals surface area contributed by atoms with Gasteiger partial charge in [0.15, 0.2) is 0 Å². The summed E-state index contributed by atoms with van der Waals surface area (Å²) in [5, 5.41) is 4.62. The normalized spacial score (nSPS) is 10.4. The van der Waals surface area contributed by atoms with E-state index in [9.17, 15) is 9.59 Å². The molecular weight excluding hydrogens is 404 g/mol. The van der Waals surface area contributed by atoms with Gasteiger partial charge in [0.25, 0.3) is 5.91 Å². The van der Waals surface area contributed by atoms with Crippen LogP contribution in [0.3, 0.4) is 0 Å². The van der Waals surface area contributed by atoms with Crippen LogP contribution in [0.25, 0.3) is 16.9 Å². The minimum absolute atomic E-state index is 0.0670. The number of rotatable bonds is 6. The molecule has 0 fully saturated rings. The summed E-state index contributed by atoms with van der Waals surface area (Å²) in [4.78, 5) is 25.3. The molecule has 0 unspecified atom stereocenters. The second-order valence-electron chi connectivity index (χ2n) is 7.02. The van der Waals surface area contributed by atoms with Gasteiger partial charge in [-0.2, -0.15) is 5.10 Å². The van der Waals surface area contributed by atoms with E-state index in [0.29, 0.717) is 17.1 Å². The zero-order valence-corrected chi connectivity index (χ0v) is 17.5. The van der Waals surface area contributed by atoms with Crippen molar-refractivity contribution in [3.05, 3.63) is 102 Å². The van der Waals surface area contributed by atoms with E-state index in [1.54, 1.807) is 30.0 Å². The Hall–Kier alpha value is -4.39. The van der Waals surface area contributed by atoms with Gasteiger partial charge in [-0.1, -0.05) is 66.7 Å². The summed E-state index contributed by atoms with van der Waals surface area (Å²) in [6, 6.07) is 27.9. The van der Waals surface area contributed by atoms with Crippen molar-refractivity contribution in [2.45, 2.75) is 6.42 Å². The van der Waals surface area contributed by atoms with Crippen molar-refractivity contribution in [1.29, 1.82) is 0 Å². The van der Waals surface area contributed by atoms with Gasteiger partial charge in [-0.25, -0.2) is 4.68 Å². The van der Waals surface area contributed by atoms with Gasteiger partial charge in [0, 0.05) is 11.1 Å². The molecule has 2 amide bonds. The minimum Gasteiger partial charge on any atom is -0.496 e. The maximum atomic E-state index is 13.0. The van der Waals surface area contributed by atoms with E-state index in [1.165, 1.54) is 0 Å². The van der Waals surface area contributed by atoms with Crippen molar-refractivity contribution in [3.8, 4) is 22.7 Å². The molecule has 1 heterocycles. The number of carbonyl (C=O) groups excluding carboxylic acids is 2. The lowest BCUT2D eigenvalue weighted by molar-refractivity contribution is -0.121. The Morgan fingerprint density at radius 1 is 0.875 bits per heavy atom. The molecule has 4 rings (SSSR count). The fraction of sp³-hybridized carbons (Fsp3) is 0.0800. The molecule has 3 aromatic carbocycles. The number of carbonyl (C=O) groups is 2. The van der Waals surface area contributed by atoms with Crippen LogP contribution in [-0.2, 0) is 11.2 Å². The Labute approximate surface area is 185 Å². The Bertz CT molecular complexity index is 1220. The van der Waals surface area contributed by atoms with E-state index in [4.69, 9.17) is 4.74 Å². The SMILES string of the molecule is COc1ccccc1CC(=O)NNC(=O)c1cc(-c2ccccc2)nn1-c1ccccc1. The van der Waals surface area contributed by atoms with E-state index in [0.717, 1.165) is 16.8 Å². The van der Waals surface area contributed by atoms with Crippen LogP contribution >= 0.6 is 0 Å². The van der Waals surface area contributed by atoms with Crippen molar-refractivity contribution in [1.82, 2.24) is 20.6 Å². The topological polar surface area (TPSA) is 85.2 Å². The van der Waals surface area contributed by atoms with Gasteiger partial charge in [0.05, 0.1) is 24.9 Å². The lowest BCUT2D eigenvalue weighted by Gasteiger charge is -2.11. The van der Waals surface area contributed by atoms with Crippen molar-refractivity contribution in [2.75, 3.05) is 7.11 Å². The van der Waals surface area contributed by atoms with Crippen molar-refractivity contribution >= 4 is 11.8 Å². The third kappa shape index (κ3) is 4.67. The standard InChI is InChI=1S/C25H22N4O3/c1-32-23-15-9-8-12-19(23)16-24(30)26-27-25(31)22-17-21(18-10-4-2-5-11-18)28-29(22)20-13-6-3-7-14-20/h2-15,17H,16H2,1H3,(H,26,30)(H,27,31). The summed E-state index contributed by atoms with van der Waals surface area (Å²) in [6.07, 6.45) is 0.0670. The van der Waals surface area contributed by atoms with E-state index in [-0.39, 0.29) is 12.3 Å². The molecule has 7 nitrogen and oxygen atoms in total. The highest BCUT2D eigenvalue weighted by Gasteiger charge is 2.18. The molecule has 4 aromatic rings. The molecule has 0 spiro atoms. The summed E-state index contributed by atoms with van der Waals surface area (Å²) in [6.45, 7) is 0. The van der Waals surface area contributed by atoms with Gasteiger partial charge in [-0.15, -0.1) is 0 Å². The Balaban J connectivity index is 1.53. The molecule has 160 valence electrons. The number of ether oxygens (including phenoxy) is 1. The van der Waals surface area contributed by atoms with Crippen LogP contribution in [0.4, 0.5) is 0 Å². The van der Waals surface area contributed by atoms with E-state index in [1.807, 2.05) is 72.8 Å². The Morgan fingerprint density at radius 3 is 2.25 bits per heavy atom. The number of benzene rings is 3. The fourth-order valence-corrected chi connectivity index (χ4v) is 3.32. The van der Waals surface area contributed by atoms with Crippen LogP contribution in [0.15, 0.2) is 91.0 Å². The summed E-state index contributed by atoms with van der Waals surface area (Å²) in [5.74, 6) is -0.225. The van der Waals surface area contributed by atoms with E-state index < -0.39 is 5.91 Å². The number of hydrazine groups is 1. The lowest BCUT2D eigenvalue weighted by atomic mass is 10.1. The highest BCUT2D eigenvalue weighted by Crippen LogP contribution is 2.21. The molecule has 7 heteroatoms. The molecule has 0 radical (unpaired) electrons. The molecule has 0 saturated heterocycles. The maximum absolute atomic E-state index is 13.0. The summed E-state index contributed by atoms with van der Waals surface area (Å²) in [5.41, 5.74) is 8.26. The van der Waals surface area contributed by atoms with Crippen LogP contribution in [-0.4, -0.2) is 28.7 Å². The molecule has 0 aliphatic carbocycles. The quantitative estimate of drug-likeness (QED) is 0.462. The predicted octanol–water partition coefficient (Wildman–Crippen LogP) is 3.55. The van der Waals surface area contributed by atoms with Gasteiger partial charge < -0.3 is 4.74 Å². The third-order valence-corrected chi connectivity index (χ3v) is 4.87. The average Bonchev–Trinajstić information content (AvgIpc) is 3.30. The summed E-state index contributed by atoms with van der Waals surface area (Å²) in [7, 11) is 1.55. The Morgan fingerprint density at radius 2 is 1.53 bits per heavy atom. The molecule has 32 heavy (non-hydrogen) atoms. The number of aromatic nitrogens is 2. The van der Waals surface area contributed by atoms with Crippen molar-refractivity contribution in [2.24, 2.45) is 0 Å². The highest BCUT2D eigenvalue weighted by atomic mass is 16.5. The van der Waals surface area contributed by atoms with Crippen LogP contribution in [0, 0.1) is 0 Å². The number of amides is 2. The minimum atomic E-state index is -0.475. The maximum Gasteiger partial charge on any atom is 0.288 e. The average molecular weight is 426 g/mol. The molecule has 0 atom stereocenters. The van der Waals surface area contributed by atoms with Gasteiger partial charge in [0.2, 0.25) is 5.91 Å². The van der Waals surface area contributed by atoms with Gasteiger partial charge in [-0.3, -0.25) is 20.4 Å². The largest absolute Gasteiger partial charge is 0.496 e. The van der Waals surface area contributed by atoms with Crippen molar-refractivity contribution < 1.29 is 14.3 Å². The molecule has 0 saturated carbocycles. The van der Waals surface area contributed by atoms with Gasteiger partial charge >= 0.3 is 0 Å². The zero-order valence-electron chi connectivity index (χ0n) is 17.5. The van der Waals surface area contributed by atoms with E-state index >= 15 is 0 Å². The summed E-state index contributed by atoms with van der Waals surface area (Å²) >= 11 is 0. The van der Waals surface area contributed by atoms with Crippen LogP contribution in [0.2, 0.25) is 0 Å². The highest BCUT2D eigenvalue weighted by molar-refractivity contribution is 5.95. The number of nitrogens with zero attached hydrogens (tertiary/aromatic N) is 2. The second kappa shape index (κ2) is 9.61. The second-order valence-corrected chi connectivity index (χ2v) is 7.02. The monoisotopic (exact) mass is 426 g/mol. The van der Waals surface area contributed by atoms with Crippen LogP contribution in [0.5, 0.6) is 5.75 Å². The lowest BCUT2D eigenvalue weighted by Crippen LogP contribution is -2.43. The molecule has 0 bridgehead atoms. The predicted molar refractivity (Wildman–Crippen MR) is 121 cm³/mol. The van der Waals surface area contributed by atoms with Gasteiger partial charge in [0.1, 0.15) is 11.4 Å². The number of methoxy groups -OCH3 is 1. The first-order valence-corrected chi connectivity index (χ1v) is 10.1. The molecule has 1 aromatic heterocycles. The number of hydrogen-bond acceptors (Lipinski definition) is 4. The number of hydrogen-bond donors (Lipinski definition) is 2. The van der Waals surface area contributed by atoms with Gasteiger partial charge in [-0.05, 0) is 24.3 Å². The molecule has 0 aliphatic rings. The first kappa shape index (κ1) is 20.9. The number of para-hydroxylation sites is 2. The van der Waals surface area contributed by atoms with E-state index in [2.05, 4.69) is 16.0 Å². The Kier molecular flexibility index (Phi) is 6.27. The summed E-state index contributed by atoms with van der Waals surface area (Å²) < 4.78 is 6.83. The first-order chi connectivity index (χ1) is 15.7. The van der Waals surface area contributed by atoms with Crippen LogP contribution < -0.4 is 15.6 Å². The molecular formula is C25H22N4O3. The molecule has 2 N–H and O–H groups in total. The van der Waals surface area contributed by atoms with Crippen LogP contribution in [0.1, 0.15) is 16.1 Å². The fourth-order valence-electron chi connectivity index (χ4n) is 3.32. The number of nitrogens with one attached hydrogen (secondary N) is 2. The smallest absolute Gasteiger partial charge is 0.288 e. The zero-order chi connectivity index (χ0) is 22.3. The first-order valence-electron chi connectivity index (χ1n) is 10.1.